The lowest BCUT2D eigenvalue weighted by Crippen LogP contribution is -2.48. The maximum absolute atomic E-state index is 13.2. The van der Waals surface area contributed by atoms with E-state index in [4.69, 9.17) is 4.98 Å². The Morgan fingerprint density at radius 2 is 1.96 bits per heavy atom. The van der Waals surface area contributed by atoms with Crippen LogP contribution in [0.25, 0.3) is 11.0 Å². The number of piperidine rings is 1. The molecule has 1 amide bonds. The molecule has 0 aromatic carbocycles. The molecule has 1 N–H and O–H groups in total. The quantitative estimate of drug-likeness (QED) is 0.879. The second-order valence-corrected chi connectivity index (χ2v) is 8.36. The summed E-state index contributed by atoms with van der Waals surface area (Å²) in [5, 5.41) is 8.90. The minimum atomic E-state index is 0.0256. The minimum Gasteiger partial charge on any atom is -0.349 e. The number of nitrogens with one attached hydrogen (secondary N) is 1. The number of carbonyl (C=O) groups excluding carboxylic acids is 1. The Balaban J connectivity index is 1.61. The van der Waals surface area contributed by atoms with Crippen LogP contribution in [0, 0.1) is 13.8 Å². The molecule has 2 fully saturated rings. The molecule has 4 heterocycles. The van der Waals surface area contributed by atoms with Crippen molar-refractivity contribution in [1.29, 1.82) is 0 Å². The molecule has 6 heteroatoms. The fourth-order valence-electron chi connectivity index (χ4n) is 4.91. The second kappa shape index (κ2) is 7.23. The molecule has 1 unspecified atom stereocenters. The highest BCUT2D eigenvalue weighted by Crippen LogP contribution is 2.34. The third-order valence-electron chi connectivity index (χ3n) is 6.41. The molecule has 2 aromatic heterocycles. The Hall–Kier alpha value is -1.95. The van der Waals surface area contributed by atoms with Gasteiger partial charge in [-0.05, 0) is 59.1 Å². The second-order valence-electron chi connectivity index (χ2n) is 8.36. The molecule has 2 aliphatic rings. The van der Waals surface area contributed by atoms with Gasteiger partial charge in [-0.1, -0.05) is 13.3 Å². The first-order chi connectivity index (χ1) is 13.0. The Kier molecular flexibility index (Phi) is 4.93. The first kappa shape index (κ1) is 18.4. The molecule has 4 rings (SSSR count). The molecule has 6 nitrogen and oxygen atoms in total. The van der Waals surface area contributed by atoms with Gasteiger partial charge in [-0.3, -0.25) is 4.79 Å². The van der Waals surface area contributed by atoms with Gasteiger partial charge >= 0.3 is 0 Å². The largest absolute Gasteiger partial charge is 0.349 e. The van der Waals surface area contributed by atoms with Crippen molar-refractivity contribution in [3.63, 3.8) is 0 Å². The maximum atomic E-state index is 13.2. The monoisotopic (exact) mass is 369 g/mol. The van der Waals surface area contributed by atoms with E-state index < -0.39 is 0 Å². The van der Waals surface area contributed by atoms with Gasteiger partial charge in [0.25, 0.3) is 5.91 Å². The lowest BCUT2D eigenvalue weighted by molar-refractivity contribution is 0.0884. The van der Waals surface area contributed by atoms with E-state index in [2.05, 4.69) is 29.3 Å². The predicted molar refractivity (Wildman–Crippen MR) is 107 cm³/mol. The summed E-state index contributed by atoms with van der Waals surface area (Å²) in [6, 6.07) is 3.42. The molecular formula is C21H31N5O. The zero-order chi connectivity index (χ0) is 19.1. The van der Waals surface area contributed by atoms with Gasteiger partial charge in [0.05, 0.1) is 16.6 Å². The Morgan fingerprint density at radius 3 is 2.63 bits per heavy atom. The van der Waals surface area contributed by atoms with Crippen LogP contribution in [0.1, 0.15) is 67.2 Å². The Labute approximate surface area is 161 Å². The maximum Gasteiger partial charge on any atom is 0.252 e. The molecule has 27 heavy (non-hydrogen) atoms. The van der Waals surface area contributed by atoms with Crippen LogP contribution < -0.4 is 5.32 Å². The van der Waals surface area contributed by atoms with Gasteiger partial charge in [0, 0.05) is 30.4 Å². The van der Waals surface area contributed by atoms with Crippen molar-refractivity contribution >= 4 is 16.9 Å². The minimum absolute atomic E-state index is 0.0256. The van der Waals surface area contributed by atoms with E-state index in [9.17, 15) is 4.79 Å². The van der Waals surface area contributed by atoms with Gasteiger partial charge in [-0.25, -0.2) is 9.67 Å². The van der Waals surface area contributed by atoms with Crippen molar-refractivity contribution in [2.45, 2.75) is 84.0 Å². The van der Waals surface area contributed by atoms with Gasteiger partial charge in [-0.2, -0.15) is 5.10 Å². The summed E-state index contributed by atoms with van der Waals surface area (Å²) >= 11 is 0. The van der Waals surface area contributed by atoms with Crippen LogP contribution in [-0.4, -0.2) is 50.7 Å². The number of carbonyl (C=O) groups is 1. The summed E-state index contributed by atoms with van der Waals surface area (Å²) in [7, 11) is 2.23. The van der Waals surface area contributed by atoms with Crippen LogP contribution in [0.2, 0.25) is 0 Å². The number of unbranched alkanes of at least 4 members (excludes halogenated alkanes) is 1. The van der Waals surface area contributed by atoms with Gasteiger partial charge in [0.1, 0.15) is 0 Å². The van der Waals surface area contributed by atoms with E-state index in [-0.39, 0.29) is 11.9 Å². The highest BCUT2D eigenvalue weighted by atomic mass is 16.1. The van der Waals surface area contributed by atoms with E-state index in [1.165, 1.54) is 12.8 Å². The van der Waals surface area contributed by atoms with E-state index in [1.54, 1.807) is 0 Å². The lowest BCUT2D eigenvalue weighted by Gasteiger charge is -2.36. The van der Waals surface area contributed by atoms with Crippen molar-refractivity contribution in [2.24, 2.45) is 0 Å². The summed E-state index contributed by atoms with van der Waals surface area (Å²) in [5.41, 5.74) is 3.33. The number of hydrogen-bond donors (Lipinski definition) is 1. The standard InChI is InChI=1S/C21H31N5O/c1-5-6-9-26-20-19(14(3)24-26)18(10-13(2)22-20)21(27)23-15-11-16-7-8-17(12-15)25(16)4/h10,15-17H,5-9,11-12H2,1-4H3,(H,23,27)/t15?,16-,17+. The average molecular weight is 370 g/mol. The number of hydrogen-bond acceptors (Lipinski definition) is 4. The van der Waals surface area contributed by atoms with Crippen molar-refractivity contribution in [3.8, 4) is 0 Å². The van der Waals surface area contributed by atoms with Crippen molar-refractivity contribution in [2.75, 3.05) is 7.05 Å². The normalized spacial score (nSPS) is 25.3. The summed E-state index contributed by atoms with van der Waals surface area (Å²) in [6.45, 7) is 6.95. The molecule has 146 valence electrons. The first-order valence-electron chi connectivity index (χ1n) is 10.4. The molecule has 2 aromatic rings. The van der Waals surface area contributed by atoms with Crippen LogP contribution in [0.15, 0.2) is 6.07 Å². The van der Waals surface area contributed by atoms with Crippen LogP contribution in [-0.2, 0) is 6.54 Å². The summed E-state index contributed by atoms with van der Waals surface area (Å²) in [4.78, 5) is 20.4. The van der Waals surface area contributed by atoms with E-state index in [0.29, 0.717) is 12.1 Å². The van der Waals surface area contributed by atoms with Crippen LogP contribution in [0.5, 0.6) is 0 Å². The number of fused-ring (bicyclic) bond motifs is 3. The van der Waals surface area contributed by atoms with Crippen molar-refractivity contribution < 1.29 is 4.79 Å². The molecule has 0 saturated carbocycles. The zero-order valence-corrected chi connectivity index (χ0v) is 17.0. The molecule has 0 radical (unpaired) electrons. The molecule has 0 spiro atoms. The highest BCUT2D eigenvalue weighted by Gasteiger charge is 2.39. The molecule has 3 atom stereocenters. The number of aryl methyl sites for hydroxylation is 3. The van der Waals surface area contributed by atoms with Crippen molar-refractivity contribution in [3.05, 3.63) is 23.0 Å². The Morgan fingerprint density at radius 1 is 1.26 bits per heavy atom. The first-order valence-corrected chi connectivity index (χ1v) is 10.4. The van der Waals surface area contributed by atoms with Gasteiger partial charge in [0.15, 0.2) is 5.65 Å². The topological polar surface area (TPSA) is 63.1 Å². The fraction of sp³-hybridized carbons (Fsp3) is 0.667. The summed E-state index contributed by atoms with van der Waals surface area (Å²) in [6.07, 6.45) is 6.80. The van der Waals surface area contributed by atoms with Gasteiger partial charge in [0.2, 0.25) is 0 Å². The number of pyridine rings is 1. The predicted octanol–water partition coefficient (Wildman–Crippen LogP) is 3.20. The van der Waals surface area contributed by atoms with E-state index >= 15 is 0 Å². The molecule has 2 saturated heterocycles. The smallest absolute Gasteiger partial charge is 0.252 e. The average Bonchev–Trinajstić information content (AvgIpc) is 3.03. The molecule has 2 bridgehead atoms. The number of rotatable bonds is 5. The summed E-state index contributed by atoms with van der Waals surface area (Å²) in [5.74, 6) is 0.0256. The fourth-order valence-corrected chi connectivity index (χ4v) is 4.91. The molecule has 2 aliphatic heterocycles. The third kappa shape index (κ3) is 3.35. The highest BCUT2D eigenvalue weighted by molar-refractivity contribution is 6.06. The Bertz CT molecular complexity index is 844. The zero-order valence-electron chi connectivity index (χ0n) is 17.0. The van der Waals surface area contributed by atoms with Crippen LogP contribution in [0.4, 0.5) is 0 Å². The molecular weight excluding hydrogens is 338 g/mol. The van der Waals surface area contributed by atoms with E-state index in [1.807, 2.05) is 24.6 Å². The van der Waals surface area contributed by atoms with Crippen LogP contribution >= 0.6 is 0 Å². The SMILES string of the molecule is CCCCn1nc(C)c2c(C(=O)NC3C[C@H]4CC[C@@H](C3)N4C)cc(C)nc21. The lowest BCUT2D eigenvalue weighted by atomic mass is 9.97. The van der Waals surface area contributed by atoms with Crippen molar-refractivity contribution in [1.82, 2.24) is 25.0 Å². The van der Waals surface area contributed by atoms with Crippen LogP contribution in [0.3, 0.4) is 0 Å². The summed E-state index contributed by atoms with van der Waals surface area (Å²) < 4.78 is 1.97. The van der Waals surface area contributed by atoms with Gasteiger partial charge in [-0.15, -0.1) is 0 Å². The van der Waals surface area contributed by atoms with Gasteiger partial charge < -0.3 is 10.2 Å². The number of amides is 1. The molecule has 0 aliphatic carbocycles. The number of aromatic nitrogens is 3. The third-order valence-corrected chi connectivity index (χ3v) is 6.41. The van der Waals surface area contributed by atoms with E-state index in [0.717, 1.165) is 60.2 Å². The number of nitrogens with zero attached hydrogens (tertiary/aromatic N) is 4.